The molecule has 0 spiro atoms. The molecule has 0 aliphatic rings. The van der Waals surface area contributed by atoms with Gasteiger partial charge in [-0.05, 0) is 6.07 Å². The first-order valence-corrected chi connectivity index (χ1v) is 8.08. The van der Waals surface area contributed by atoms with Crippen molar-refractivity contribution in [2.24, 2.45) is 0 Å². The summed E-state index contributed by atoms with van der Waals surface area (Å²) in [5.41, 5.74) is 2.03. The van der Waals surface area contributed by atoms with Crippen LogP contribution in [0.1, 0.15) is 16.2 Å². The van der Waals surface area contributed by atoms with Crippen LogP contribution < -0.4 is 0 Å². The highest BCUT2D eigenvalue weighted by molar-refractivity contribution is 7.99. The number of imidazole rings is 1. The molecule has 0 saturated carbocycles. The Hall–Kier alpha value is -2.67. The molecule has 3 rings (SSSR count). The van der Waals surface area contributed by atoms with Crippen LogP contribution in [0.2, 0.25) is 0 Å². The Bertz CT molecular complexity index is 861. The van der Waals surface area contributed by atoms with Gasteiger partial charge in [-0.3, -0.25) is 14.9 Å². The van der Waals surface area contributed by atoms with E-state index in [0.29, 0.717) is 33.9 Å². The predicted octanol–water partition coefficient (Wildman–Crippen LogP) is 3.59. The average Bonchev–Trinajstić information content (AvgIpc) is 2.97. The molecule has 0 fully saturated rings. The lowest BCUT2D eigenvalue weighted by atomic mass is 10.2. The van der Waals surface area contributed by atoms with Gasteiger partial charge in [0.25, 0.3) is 5.69 Å². The highest BCUT2D eigenvalue weighted by atomic mass is 32.2. The molecule has 1 N–H and O–H groups in total. The van der Waals surface area contributed by atoms with Crippen molar-refractivity contribution in [1.29, 1.82) is 0 Å². The van der Waals surface area contributed by atoms with E-state index in [4.69, 9.17) is 0 Å². The van der Waals surface area contributed by atoms with Crippen LogP contribution >= 0.6 is 11.8 Å². The van der Waals surface area contributed by atoms with Gasteiger partial charge in [-0.1, -0.05) is 30.3 Å². The second-order valence-corrected chi connectivity index (χ2v) is 5.91. The second-order valence-electron chi connectivity index (χ2n) is 4.92. The lowest BCUT2D eigenvalue weighted by molar-refractivity contribution is -0.384. The minimum absolute atomic E-state index is 0.0274. The highest BCUT2D eigenvalue weighted by Crippen LogP contribution is 2.21. The molecular formula is C16H13N3O3S. The Kier molecular flexibility index (Phi) is 4.38. The molecule has 0 aliphatic carbocycles. The van der Waals surface area contributed by atoms with Gasteiger partial charge in [0, 0.05) is 17.7 Å². The number of fused-ring (bicyclic) bond motifs is 1. The Morgan fingerprint density at radius 1 is 1.22 bits per heavy atom. The van der Waals surface area contributed by atoms with E-state index in [2.05, 4.69) is 9.97 Å². The van der Waals surface area contributed by atoms with Crippen LogP contribution in [0.5, 0.6) is 0 Å². The fraction of sp³-hybridized carbons (Fsp3) is 0.125. The SMILES string of the molecule is O=C(CSCc1nc2ccc([N+](=O)[O-])cc2[nH]1)c1ccccc1. The number of aromatic amines is 1. The summed E-state index contributed by atoms with van der Waals surface area (Å²) >= 11 is 1.46. The summed E-state index contributed by atoms with van der Waals surface area (Å²) in [7, 11) is 0. The lowest BCUT2D eigenvalue weighted by Crippen LogP contribution is -2.02. The first-order valence-electron chi connectivity index (χ1n) is 6.92. The number of Topliss-reactive ketones (excluding diaryl/α,β-unsaturated/α-hetero) is 1. The number of ketones is 1. The number of non-ortho nitro benzene ring substituents is 1. The molecular weight excluding hydrogens is 314 g/mol. The van der Waals surface area contributed by atoms with Gasteiger partial charge in [0.05, 0.1) is 27.5 Å². The maximum atomic E-state index is 12.0. The molecule has 7 heteroatoms. The zero-order valence-electron chi connectivity index (χ0n) is 12.1. The molecule has 6 nitrogen and oxygen atoms in total. The molecule has 1 heterocycles. The van der Waals surface area contributed by atoms with E-state index in [1.807, 2.05) is 18.2 Å². The van der Waals surface area contributed by atoms with E-state index < -0.39 is 4.92 Å². The van der Waals surface area contributed by atoms with Crippen molar-refractivity contribution < 1.29 is 9.72 Å². The minimum Gasteiger partial charge on any atom is -0.341 e. The molecule has 23 heavy (non-hydrogen) atoms. The maximum Gasteiger partial charge on any atom is 0.271 e. The topological polar surface area (TPSA) is 88.9 Å². The van der Waals surface area contributed by atoms with Gasteiger partial charge < -0.3 is 4.98 Å². The number of carbonyl (C=O) groups excluding carboxylic acids is 1. The van der Waals surface area contributed by atoms with Crippen molar-refractivity contribution >= 4 is 34.3 Å². The Labute approximate surface area is 136 Å². The van der Waals surface area contributed by atoms with Gasteiger partial charge >= 0.3 is 0 Å². The first kappa shape index (κ1) is 15.2. The van der Waals surface area contributed by atoms with Crippen LogP contribution in [-0.2, 0) is 5.75 Å². The third-order valence-electron chi connectivity index (χ3n) is 3.29. The smallest absolute Gasteiger partial charge is 0.271 e. The third kappa shape index (κ3) is 3.57. The fourth-order valence-electron chi connectivity index (χ4n) is 2.18. The van der Waals surface area contributed by atoms with Crippen molar-refractivity contribution in [3.05, 3.63) is 70.0 Å². The van der Waals surface area contributed by atoms with Gasteiger partial charge in [-0.25, -0.2) is 4.98 Å². The van der Waals surface area contributed by atoms with Crippen LogP contribution in [0.3, 0.4) is 0 Å². The number of aromatic nitrogens is 2. The molecule has 0 bridgehead atoms. The summed E-state index contributed by atoms with van der Waals surface area (Å²) in [6.07, 6.45) is 0. The zero-order chi connectivity index (χ0) is 16.2. The van der Waals surface area contributed by atoms with Gasteiger partial charge in [-0.2, -0.15) is 0 Å². The summed E-state index contributed by atoms with van der Waals surface area (Å²) in [6, 6.07) is 13.6. The Morgan fingerprint density at radius 3 is 2.74 bits per heavy atom. The monoisotopic (exact) mass is 327 g/mol. The number of nitrogens with zero attached hydrogens (tertiary/aromatic N) is 2. The molecule has 0 radical (unpaired) electrons. The number of thioether (sulfide) groups is 1. The Balaban J connectivity index is 1.63. The van der Waals surface area contributed by atoms with Crippen LogP contribution in [0.15, 0.2) is 48.5 Å². The van der Waals surface area contributed by atoms with Gasteiger partial charge in [0.1, 0.15) is 5.82 Å². The predicted molar refractivity (Wildman–Crippen MR) is 89.7 cm³/mol. The van der Waals surface area contributed by atoms with Crippen LogP contribution in [0.4, 0.5) is 5.69 Å². The average molecular weight is 327 g/mol. The standard InChI is InChI=1S/C16H13N3O3S/c20-15(11-4-2-1-3-5-11)9-23-10-16-17-13-7-6-12(19(21)22)8-14(13)18-16/h1-8H,9-10H2,(H,17,18). The maximum absolute atomic E-state index is 12.0. The number of nitro benzene ring substituents is 1. The van der Waals surface area contributed by atoms with E-state index in [9.17, 15) is 14.9 Å². The summed E-state index contributed by atoms with van der Waals surface area (Å²) in [5, 5.41) is 10.8. The van der Waals surface area contributed by atoms with Crippen molar-refractivity contribution in [3.8, 4) is 0 Å². The first-order chi connectivity index (χ1) is 11.1. The van der Waals surface area contributed by atoms with Crippen molar-refractivity contribution in [2.45, 2.75) is 5.75 Å². The molecule has 0 saturated heterocycles. The van der Waals surface area contributed by atoms with Gasteiger partial charge in [0.15, 0.2) is 5.78 Å². The molecule has 0 aliphatic heterocycles. The fourth-order valence-corrected chi connectivity index (χ4v) is 2.96. The molecule has 0 amide bonds. The number of nitro groups is 1. The number of hydrogen-bond acceptors (Lipinski definition) is 5. The number of carbonyl (C=O) groups is 1. The van der Waals surface area contributed by atoms with E-state index in [-0.39, 0.29) is 11.5 Å². The van der Waals surface area contributed by atoms with Crippen molar-refractivity contribution in [1.82, 2.24) is 9.97 Å². The summed E-state index contributed by atoms with van der Waals surface area (Å²) < 4.78 is 0. The number of nitrogens with one attached hydrogen (secondary N) is 1. The van der Waals surface area contributed by atoms with E-state index >= 15 is 0 Å². The van der Waals surface area contributed by atoms with E-state index in [1.165, 1.54) is 23.9 Å². The Morgan fingerprint density at radius 2 is 2.00 bits per heavy atom. The molecule has 0 atom stereocenters. The van der Waals surface area contributed by atoms with Crippen LogP contribution in [0, 0.1) is 10.1 Å². The lowest BCUT2D eigenvalue weighted by Gasteiger charge is -1.99. The van der Waals surface area contributed by atoms with Gasteiger partial charge in [-0.15, -0.1) is 11.8 Å². The largest absolute Gasteiger partial charge is 0.341 e. The molecule has 2 aromatic carbocycles. The third-order valence-corrected chi connectivity index (χ3v) is 4.24. The number of H-pyrrole nitrogens is 1. The normalized spacial score (nSPS) is 10.8. The highest BCUT2D eigenvalue weighted by Gasteiger charge is 2.10. The van der Waals surface area contributed by atoms with Crippen LogP contribution in [-0.4, -0.2) is 26.4 Å². The molecule has 1 aromatic heterocycles. The number of rotatable bonds is 6. The number of hydrogen-bond donors (Lipinski definition) is 1. The van der Waals surface area contributed by atoms with E-state index in [0.717, 1.165) is 0 Å². The molecule has 3 aromatic rings. The molecule has 0 unspecified atom stereocenters. The van der Waals surface area contributed by atoms with Gasteiger partial charge in [0.2, 0.25) is 0 Å². The van der Waals surface area contributed by atoms with Crippen molar-refractivity contribution in [3.63, 3.8) is 0 Å². The summed E-state index contributed by atoms with van der Waals surface area (Å²) in [6.45, 7) is 0. The molecule has 116 valence electrons. The van der Waals surface area contributed by atoms with E-state index in [1.54, 1.807) is 18.2 Å². The minimum atomic E-state index is -0.437. The zero-order valence-corrected chi connectivity index (χ0v) is 12.9. The van der Waals surface area contributed by atoms with Crippen LogP contribution in [0.25, 0.3) is 11.0 Å². The number of benzene rings is 2. The summed E-state index contributed by atoms with van der Waals surface area (Å²) in [4.78, 5) is 29.8. The van der Waals surface area contributed by atoms with Crippen molar-refractivity contribution in [2.75, 3.05) is 5.75 Å². The summed E-state index contributed by atoms with van der Waals surface area (Å²) in [5.74, 6) is 1.68. The quantitative estimate of drug-likeness (QED) is 0.424. The second kappa shape index (κ2) is 6.62.